The number of nitrogens with two attached hydrogens (primary N) is 1. The SMILES string of the molecule is CC(C)c1ccc(NC(=O)COC(=O)c2ccc(N)cc2)cc1. The van der Waals surface area contributed by atoms with E-state index in [1.807, 2.05) is 24.3 Å². The molecule has 5 heteroatoms. The normalized spacial score (nSPS) is 10.4. The zero-order chi connectivity index (χ0) is 16.8. The van der Waals surface area contributed by atoms with E-state index in [4.69, 9.17) is 10.5 Å². The first kappa shape index (κ1) is 16.5. The van der Waals surface area contributed by atoms with Gasteiger partial charge in [-0.25, -0.2) is 4.79 Å². The molecule has 0 radical (unpaired) electrons. The zero-order valence-corrected chi connectivity index (χ0v) is 13.2. The van der Waals surface area contributed by atoms with Gasteiger partial charge in [0.25, 0.3) is 5.91 Å². The molecule has 2 aromatic carbocycles. The Morgan fingerprint density at radius 2 is 1.65 bits per heavy atom. The molecule has 0 aliphatic rings. The Balaban J connectivity index is 1.85. The number of nitrogens with one attached hydrogen (secondary N) is 1. The number of anilines is 2. The third-order valence-electron chi connectivity index (χ3n) is 3.34. The van der Waals surface area contributed by atoms with E-state index in [0.29, 0.717) is 22.9 Å². The second-order valence-corrected chi connectivity index (χ2v) is 5.52. The summed E-state index contributed by atoms with van der Waals surface area (Å²) in [6, 6.07) is 13.9. The lowest BCUT2D eigenvalue weighted by Crippen LogP contribution is -2.20. The third-order valence-corrected chi connectivity index (χ3v) is 3.34. The Hall–Kier alpha value is -2.82. The van der Waals surface area contributed by atoms with Crippen molar-refractivity contribution in [2.75, 3.05) is 17.7 Å². The van der Waals surface area contributed by atoms with Gasteiger partial charge in [-0.3, -0.25) is 4.79 Å². The minimum atomic E-state index is -0.560. The lowest BCUT2D eigenvalue weighted by molar-refractivity contribution is -0.119. The topological polar surface area (TPSA) is 81.4 Å². The van der Waals surface area contributed by atoms with E-state index in [1.165, 1.54) is 5.56 Å². The van der Waals surface area contributed by atoms with Crippen LogP contribution in [0.25, 0.3) is 0 Å². The van der Waals surface area contributed by atoms with Crippen LogP contribution in [0.2, 0.25) is 0 Å². The van der Waals surface area contributed by atoms with Gasteiger partial charge in [0.05, 0.1) is 5.56 Å². The van der Waals surface area contributed by atoms with E-state index in [0.717, 1.165) is 0 Å². The molecule has 1 amide bonds. The largest absolute Gasteiger partial charge is 0.452 e. The Morgan fingerprint density at radius 1 is 1.04 bits per heavy atom. The quantitative estimate of drug-likeness (QED) is 0.656. The van der Waals surface area contributed by atoms with E-state index >= 15 is 0 Å². The van der Waals surface area contributed by atoms with Gasteiger partial charge in [-0.15, -0.1) is 0 Å². The van der Waals surface area contributed by atoms with Crippen molar-refractivity contribution in [3.05, 3.63) is 59.7 Å². The minimum absolute atomic E-state index is 0.338. The lowest BCUT2D eigenvalue weighted by Gasteiger charge is -2.09. The first-order valence-corrected chi connectivity index (χ1v) is 7.38. The highest BCUT2D eigenvalue weighted by molar-refractivity contribution is 5.95. The summed E-state index contributed by atoms with van der Waals surface area (Å²) >= 11 is 0. The number of rotatable bonds is 5. The molecule has 0 atom stereocenters. The highest BCUT2D eigenvalue weighted by Crippen LogP contribution is 2.17. The van der Waals surface area contributed by atoms with Crippen LogP contribution >= 0.6 is 0 Å². The number of benzene rings is 2. The van der Waals surface area contributed by atoms with Gasteiger partial charge in [0, 0.05) is 11.4 Å². The van der Waals surface area contributed by atoms with Crippen molar-refractivity contribution < 1.29 is 14.3 Å². The second kappa shape index (κ2) is 7.45. The van der Waals surface area contributed by atoms with Gasteiger partial charge in [0.2, 0.25) is 0 Å². The number of amides is 1. The van der Waals surface area contributed by atoms with Crippen molar-refractivity contribution in [3.8, 4) is 0 Å². The number of hydrogen-bond donors (Lipinski definition) is 2. The molecule has 0 saturated carbocycles. The maximum absolute atomic E-state index is 11.8. The van der Waals surface area contributed by atoms with E-state index < -0.39 is 5.97 Å². The zero-order valence-electron chi connectivity index (χ0n) is 13.2. The van der Waals surface area contributed by atoms with Gasteiger partial charge in [-0.05, 0) is 47.9 Å². The maximum Gasteiger partial charge on any atom is 0.338 e. The van der Waals surface area contributed by atoms with Crippen LogP contribution in [-0.2, 0) is 9.53 Å². The van der Waals surface area contributed by atoms with Crippen LogP contribution in [-0.4, -0.2) is 18.5 Å². The Bertz CT molecular complexity index is 676. The summed E-state index contributed by atoms with van der Waals surface area (Å²) < 4.78 is 4.97. The summed E-state index contributed by atoms with van der Waals surface area (Å²) in [5.41, 5.74) is 8.32. The lowest BCUT2D eigenvalue weighted by atomic mass is 10.0. The number of hydrogen-bond acceptors (Lipinski definition) is 4. The molecule has 2 aromatic rings. The average molecular weight is 312 g/mol. The van der Waals surface area contributed by atoms with Crippen molar-refractivity contribution in [1.82, 2.24) is 0 Å². The number of ether oxygens (including phenoxy) is 1. The molecule has 3 N–H and O–H groups in total. The molecule has 0 fully saturated rings. The highest BCUT2D eigenvalue weighted by atomic mass is 16.5. The van der Waals surface area contributed by atoms with Gasteiger partial charge >= 0.3 is 5.97 Å². The van der Waals surface area contributed by atoms with E-state index in [9.17, 15) is 9.59 Å². The molecular weight excluding hydrogens is 292 g/mol. The number of esters is 1. The maximum atomic E-state index is 11.8. The van der Waals surface area contributed by atoms with Gasteiger partial charge in [-0.1, -0.05) is 26.0 Å². The van der Waals surface area contributed by atoms with Crippen molar-refractivity contribution in [1.29, 1.82) is 0 Å². The van der Waals surface area contributed by atoms with Gasteiger partial charge in [0.15, 0.2) is 6.61 Å². The van der Waals surface area contributed by atoms with Gasteiger partial charge in [0.1, 0.15) is 0 Å². The van der Waals surface area contributed by atoms with Crippen molar-refractivity contribution in [2.45, 2.75) is 19.8 Å². The average Bonchev–Trinajstić information content (AvgIpc) is 2.54. The van der Waals surface area contributed by atoms with Gasteiger partial charge < -0.3 is 15.8 Å². The first-order chi connectivity index (χ1) is 11.0. The van der Waals surface area contributed by atoms with Crippen LogP contribution in [0.15, 0.2) is 48.5 Å². The summed E-state index contributed by atoms with van der Waals surface area (Å²) in [5, 5.41) is 2.69. The molecule has 0 aliphatic heterocycles. The summed E-state index contributed by atoms with van der Waals surface area (Å²) in [6.07, 6.45) is 0. The molecular formula is C18H20N2O3. The smallest absolute Gasteiger partial charge is 0.338 e. The molecule has 0 heterocycles. The summed E-state index contributed by atoms with van der Waals surface area (Å²) in [5.74, 6) is -0.512. The third kappa shape index (κ3) is 4.85. The van der Waals surface area contributed by atoms with E-state index in [1.54, 1.807) is 24.3 Å². The Morgan fingerprint density at radius 3 is 2.22 bits per heavy atom. The van der Waals surface area contributed by atoms with E-state index in [-0.39, 0.29) is 12.5 Å². The second-order valence-electron chi connectivity index (χ2n) is 5.52. The van der Waals surface area contributed by atoms with Crippen LogP contribution in [0, 0.1) is 0 Å². The standard InChI is InChI=1S/C18H20N2O3/c1-12(2)13-5-9-16(10-6-13)20-17(21)11-23-18(22)14-3-7-15(19)8-4-14/h3-10,12H,11,19H2,1-2H3,(H,20,21). The molecule has 120 valence electrons. The molecule has 0 saturated heterocycles. The van der Waals surface area contributed by atoms with Crippen molar-refractivity contribution in [2.24, 2.45) is 0 Å². The predicted octanol–water partition coefficient (Wildman–Crippen LogP) is 3.19. The highest BCUT2D eigenvalue weighted by Gasteiger charge is 2.10. The van der Waals surface area contributed by atoms with Gasteiger partial charge in [-0.2, -0.15) is 0 Å². The minimum Gasteiger partial charge on any atom is -0.452 e. The number of carbonyl (C=O) groups excluding carboxylic acids is 2. The fraction of sp³-hybridized carbons (Fsp3) is 0.222. The summed E-state index contributed by atoms with van der Waals surface area (Å²) in [6.45, 7) is 3.86. The van der Waals surface area contributed by atoms with Crippen molar-refractivity contribution in [3.63, 3.8) is 0 Å². The Kier molecular flexibility index (Phi) is 5.36. The molecule has 23 heavy (non-hydrogen) atoms. The number of nitrogen functional groups attached to an aromatic ring is 1. The molecule has 5 nitrogen and oxygen atoms in total. The predicted molar refractivity (Wildman–Crippen MR) is 90.3 cm³/mol. The molecule has 2 rings (SSSR count). The molecule has 0 aromatic heterocycles. The summed E-state index contributed by atoms with van der Waals surface area (Å²) in [4.78, 5) is 23.6. The fourth-order valence-corrected chi connectivity index (χ4v) is 1.98. The van der Waals surface area contributed by atoms with Crippen LogP contribution in [0.4, 0.5) is 11.4 Å². The van der Waals surface area contributed by atoms with Crippen LogP contribution in [0.1, 0.15) is 35.7 Å². The molecule has 0 spiro atoms. The van der Waals surface area contributed by atoms with Crippen LogP contribution in [0.3, 0.4) is 0 Å². The Labute approximate surface area is 135 Å². The number of carbonyl (C=O) groups is 2. The molecule has 0 bridgehead atoms. The first-order valence-electron chi connectivity index (χ1n) is 7.38. The van der Waals surface area contributed by atoms with Crippen LogP contribution in [0.5, 0.6) is 0 Å². The molecule has 0 unspecified atom stereocenters. The van der Waals surface area contributed by atoms with Crippen LogP contribution < -0.4 is 11.1 Å². The monoisotopic (exact) mass is 312 g/mol. The van der Waals surface area contributed by atoms with E-state index in [2.05, 4.69) is 19.2 Å². The summed E-state index contributed by atoms with van der Waals surface area (Å²) in [7, 11) is 0. The van der Waals surface area contributed by atoms with Crippen molar-refractivity contribution >= 4 is 23.3 Å². The fourth-order valence-electron chi connectivity index (χ4n) is 1.98. The molecule has 0 aliphatic carbocycles.